The fourth-order valence-corrected chi connectivity index (χ4v) is 5.27. The number of ether oxygens (including phenoxy) is 1. The number of aryl methyl sites for hydroxylation is 1. The minimum atomic E-state index is -1.40. The number of allylic oxidation sites excluding steroid dienone is 1. The van der Waals surface area contributed by atoms with Gasteiger partial charge in [0.1, 0.15) is 16.8 Å². The summed E-state index contributed by atoms with van der Waals surface area (Å²) in [5.41, 5.74) is 4.21. The lowest BCUT2D eigenvalue weighted by Crippen LogP contribution is -2.29. The van der Waals surface area contributed by atoms with E-state index in [2.05, 4.69) is 10.4 Å². The summed E-state index contributed by atoms with van der Waals surface area (Å²) in [6.07, 6.45) is 4.86. The van der Waals surface area contributed by atoms with E-state index in [1.165, 1.54) is 22.3 Å². The lowest BCUT2D eigenvalue weighted by atomic mass is 9.85. The maximum atomic E-state index is 13.4. The first kappa shape index (κ1) is 22.8. The van der Waals surface area contributed by atoms with Crippen LogP contribution in [0.15, 0.2) is 89.6 Å². The fraction of sp³-hybridized carbons (Fsp3) is 0.148. The Morgan fingerprint density at radius 1 is 1.14 bits per heavy atom. The Kier molecular flexibility index (Phi) is 5.84. The van der Waals surface area contributed by atoms with E-state index >= 15 is 0 Å². The van der Waals surface area contributed by atoms with Crippen molar-refractivity contribution >= 4 is 33.1 Å². The molecule has 7 nitrogen and oxygen atoms in total. The highest BCUT2D eigenvalue weighted by Gasteiger charge is 2.37. The van der Waals surface area contributed by atoms with Crippen molar-refractivity contribution in [3.8, 4) is 0 Å². The third-order valence-corrected chi connectivity index (χ3v) is 6.90. The van der Waals surface area contributed by atoms with Gasteiger partial charge in [0.15, 0.2) is 0 Å². The summed E-state index contributed by atoms with van der Waals surface area (Å²) in [7, 11) is 0. The molecule has 4 aromatic rings. The minimum absolute atomic E-state index is 0.209. The van der Waals surface area contributed by atoms with Crippen LogP contribution in [-0.4, -0.2) is 27.3 Å². The number of carbonyl (C=O) groups is 1. The van der Waals surface area contributed by atoms with Crippen molar-refractivity contribution in [3.63, 3.8) is 0 Å². The third-order valence-electron chi connectivity index (χ3n) is 5.89. The SMILES string of the molecule is CCOC(=O)c1c(C)sc2ncn(NC3=C[C@](O)(c4ccccc4)C(c4ccccc4)=C3)c(=O)c12. The van der Waals surface area contributed by atoms with Crippen molar-refractivity contribution in [3.05, 3.63) is 117 Å². The number of hydrogen-bond acceptors (Lipinski definition) is 7. The maximum Gasteiger partial charge on any atom is 0.340 e. The van der Waals surface area contributed by atoms with Gasteiger partial charge in [-0.3, -0.25) is 10.2 Å². The standard InChI is InChI=1S/C27H23N3O4S/c1-3-34-26(32)22-17(2)35-24-23(22)25(31)30(16-28-24)29-20-14-21(18-10-6-4-7-11-18)27(33,15-20)19-12-8-5-9-13-19/h4-16,29,33H,3H2,1-2H3/t27-/m0/s1. The first-order chi connectivity index (χ1) is 16.9. The molecule has 1 atom stereocenters. The first-order valence-corrected chi connectivity index (χ1v) is 12.0. The number of carbonyl (C=O) groups excluding carboxylic acids is 1. The van der Waals surface area contributed by atoms with Gasteiger partial charge in [0.25, 0.3) is 5.56 Å². The maximum absolute atomic E-state index is 13.4. The Morgan fingerprint density at radius 3 is 2.51 bits per heavy atom. The van der Waals surface area contributed by atoms with Crippen LogP contribution in [0.3, 0.4) is 0 Å². The molecule has 35 heavy (non-hydrogen) atoms. The van der Waals surface area contributed by atoms with E-state index in [0.29, 0.717) is 26.5 Å². The molecule has 176 valence electrons. The molecular weight excluding hydrogens is 462 g/mol. The van der Waals surface area contributed by atoms with Gasteiger partial charge in [-0.1, -0.05) is 60.7 Å². The average Bonchev–Trinajstić information content (AvgIpc) is 3.39. The van der Waals surface area contributed by atoms with E-state index in [1.54, 1.807) is 19.9 Å². The van der Waals surface area contributed by atoms with Crippen LogP contribution in [0.2, 0.25) is 0 Å². The van der Waals surface area contributed by atoms with Gasteiger partial charge in [0.2, 0.25) is 0 Å². The normalized spacial score (nSPS) is 17.2. The second kappa shape index (κ2) is 8.98. The van der Waals surface area contributed by atoms with Crippen molar-refractivity contribution in [1.82, 2.24) is 9.66 Å². The zero-order valence-corrected chi connectivity index (χ0v) is 20.0. The van der Waals surface area contributed by atoms with Crippen LogP contribution in [0.4, 0.5) is 0 Å². The van der Waals surface area contributed by atoms with Gasteiger partial charge in [-0.25, -0.2) is 14.5 Å². The molecule has 1 aliphatic rings. The van der Waals surface area contributed by atoms with E-state index in [9.17, 15) is 14.7 Å². The van der Waals surface area contributed by atoms with Crippen LogP contribution in [0.25, 0.3) is 15.8 Å². The second-order valence-electron chi connectivity index (χ2n) is 8.12. The summed E-state index contributed by atoms with van der Waals surface area (Å²) in [6.45, 7) is 3.70. The molecule has 0 radical (unpaired) electrons. The smallest absolute Gasteiger partial charge is 0.340 e. The fourth-order valence-electron chi connectivity index (χ4n) is 4.30. The van der Waals surface area contributed by atoms with Crippen LogP contribution in [0.1, 0.15) is 33.3 Å². The highest BCUT2D eigenvalue weighted by atomic mass is 32.1. The minimum Gasteiger partial charge on any atom is -0.462 e. The molecule has 0 bridgehead atoms. The van der Waals surface area contributed by atoms with Crippen LogP contribution >= 0.6 is 11.3 Å². The third kappa shape index (κ3) is 3.96. The summed E-state index contributed by atoms with van der Waals surface area (Å²) in [5, 5.41) is 12.0. The zero-order chi connectivity index (χ0) is 24.6. The molecule has 1 aliphatic carbocycles. The van der Waals surface area contributed by atoms with Gasteiger partial charge >= 0.3 is 5.97 Å². The number of aromatic nitrogens is 2. The Bertz CT molecular complexity index is 1540. The monoisotopic (exact) mass is 485 g/mol. The Balaban J connectivity index is 1.60. The molecule has 5 rings (SSSR count). The predicted octanol–water partition coefficient (Wildman–Crippen LogP) is 4.36. The van der Waals surface area contributed by atoms with E-state index < -0.39 is 17.1 Å². The number of nitrogens with one attached hydrogen (secondary N) is 1. The quantitative estimate of drug-likeness (QED) is 0.394. The van der Waals surface area contributed by atoms with E-state index in [-0.39, 0.29) is 17.6 Å². The van der Waals surface area contributed by atoms with Gasteiger partial charge < -0.3 is 9.84 Å². The van der Waals surface area contributed by atoms with E-state index in [4.69, 9.17) is 4.74 Å². The highest BCUT2D eigenvalue weighted by Crippen LogP contribution is 2.43. The van der Waals surface area contributed by atoms with Crippen LogP contribution < -0.4 is 11.0 Å². The zero-order valence-electron chi connectivity index (χ0n) is 19.2. The summed E-state index contributed by atoms with van der Waals surface area (Å²) in [4.78, 5) is 31.4. The van der Waals surface area contributed by atoms with Gasteiger partial charge in [0, 0.05) is 10.5 Å². The highest BCUT2D eigenvalue weighted by molar-refractivity contribution is 7.19. The van der Waals surface area contributed by atoms with E-state index in [1.807, 2.05) is 66.7 Å². The first-order valence-electron chi connectivity index (χ1n) is 11.2. The van der Waals surface area contributed by atoms with Crippen molar-refractivity contribution in [2.24, 2.45) is 0 Å². The summed E-state index contributed by atoms with van der Waals surface area (Å²) < 4.78 is 6.38. The summed E-state index contributed by atoms with van der Waals surface area (Å²) >= 11 is 1.27. The van der Waals surface area contributed by atoms with Crippen molar-refractivity contribution in [1.29, 1.82) is 0 Å². The van der Waals surface area contributed by atoms with Crippen molar-refractivity contribution in [2.75, 3.05) is 12.0 Å². The number of nitrogens with zero attached hydrogens (tertiary/aromatic N) is 2. The molecule has 0 spiro atoms. The van der Waals surface area contributed by atoms with Crippen LogP contribution in [0.5, 0.6) is 0 Å². The molecule has 0 fully saturated rings. The molecule has 2 heterocycles. The number of benzene rings is 2. The van der Waals surface area contributed by atoms with Crippen molar-refractivity contribution < 1.29 is 14.6 Å². The van der Waals surface area contributed by atoms with Gasteiger partial charge in [0.05, 0.1) is 23.3 Å². The molecule has 0 saturated heterocycles. The van der Waals surface area contributed by atoms with Gasteiger partial charge in [-0.15, -0.1) is 11.3 Å². The molecule has 8 heteroatoms. The number of thiophene rings is 1. The molecule has 0 aliphatic heterocycles. The molecule has 2 aromatic heterocycles. The lowest BCUT2D eigenvalue weighted by molar-refractivity contribution is 0.0528. The van der Waals surface area contributed by atoms with Crippen molar-refractivity contribution in [2.45, 2.75) is 19.4 Å². The predicted molar refractivity (Wildman–Crippen MR) is 137 cm³/mol. The second-order valence-corrected chi connectivity index (χ2v) is 9.32. The number of hydrogen-bond donors (Lipinski definition) is 2. The van der Waals surface area contributed by atoms with Crippen LogP contribution in [0, 0.1) is 6.92 Å². The average molecular weight is 486 g/mol. The number of aliphatic hydroxyl groups is 1. The van der Waals surface area contributed by atoms with E-state index in [0.717, 1.165) is 5.56 Å². The summed E-state index contributed by atoms with van der Waals surface area (Å²) in [5.74, 6) is -0.544. The molecule has 0 saturated carbocycles. The Morgan fingerprint density at radius 2 is 1.83 bits per heavy atom. The molecule has 2 aromatic carbocycles. The topological polar surface area (TPSA) is 93.4 Å². The Hall–Kier alpha value is -4.01. The van der Waals surface area contributed by atoms with Crippen LogP contribution in [-0.2, 0) is 10.3 Å². The lowest BCUT2D eigenvalue weighted by Gasteiger charge is -2.25. The molecule has 0 amide bonds. The molecule has 2 N–H and O–H groups in total. The Labute approximate surface area is 205 Å². The molecular formula is C27H23N3O4S. The number of esters is 1. The summed E-state index contributed by atoms with van der Waals surface area (Å²) in [6, 6.07) is 18.9. The van der Waals surface area contributed by atoms with Gasteiger partial charge in [-0.05, 0) is 37.1 Å². The van der Waals surface area contributed by atoms with Gasteiger partial charge in [-0.2, -0.15) is 0 Å². The molecule has 0 unspecified atom stereocenters. The number of fused-ring (bicyclic) bond motifs is 1. The largest absolute Gasteiger partial charge is 0.462 e. The number of rotatable bonds is 6.